The first-order valence-corrected chi connectivity index (χ1v) is 10.3. The SMILES string of the molecule is CC[C@@H](C)NC(=O)[C@H](C)N(Cc1cccc(OC)c1)C(=O)COc1ccccc1Cl. The first-order chi connectivity index (χ1) is 14.3. The fourth-order valence-electron chi connectivity index (χ4n) is 2.80. The van der Waals surface area contributed by atoms with Crippen molar-refractivity contribution in [2.45, 2.75) is 45.8 Å². The summed E-state index contributed by atoms with van der Waals surface area (Å²) in [5.41, 5.74) is 0.851. The predicted molar refractivity (Wildman–Crippen MR) is 118 cm³/mol. The predicted octanol–water partition coefficient (Wildman–Crippen LogP) is 4.06. The van der Waals surface area contributed by atoms with E-state index in [2.05, 4.69) is 5.32 Å². The quantitative estimate of drug-likeness (QED) is 0.614. The molecule has 0 aliphatic carbocycles. The Bertz CT molecular complexity index is 859. The summed E-state index contributed by atoms with van der Waals surface area (Å²) in [5.74, 6) is 0.581. The van der Waals surface area contributed by atoms with Crippen LogP contribution >= 0.6 is 11.6 Å². The monoisotopic (exact) mass is 432 g/mol. The Morgan fingerprint density at radius 1 is 1.13 bits per heavy atom. The third kappa shape index (κ3) is 6.66. The largest absolute Gasteiger partial charge is 0.497 e. The number of hydrogen-bond acceptors (Lipinski definition) is 4. The van der Waals surface area contributed by atoms with Crippen molar-refractivity contribution in [3.63, 3.8) is 0 Å². The minimum atomic E-state index is -0.674. The minimum absolute atomic E-state index is 0.0214. The van der Waals surface area contributed by atoms with Gasteiger partial charge in [-0.05, 0) is 50.1 Å². The summed E-state index contributed by atoms with van der Waals surface area (Å²) < 4.78 is 10.9. The number of benzene rings is 2. The van der Waals surface area contributed by atoms with E-state index in [4.69, 9.17) is 21.1 Å². The van der Waals surface area contributed by atoms with Crippen LogP contribution in [0.2, 0.25) is 5.02 Å². The van der Waals surface area contributed by atoms with Crippen LogP contribution < -0.4 is 14.8 Å². The molecular formula is C23H29ClN2O4. The van der Waals surface area contributed by atoms with Gasteiger partial charge in [-0.1, -0.05) is 42.8 Å². The number of carbonyl (C=O) groups is 2. The highest BCUT2D eigenvalue weighted by molar-refractivity contribution is 6.32. The molecule has 0 unspecified atom stereocenters. The number of rotatable bonds is 10. The molecule has 2 rings (SSSR count). The summed E-state index contributed by atoms with van der Waals surface area (Å²) in [6.45, 7) is 5.66. The van der Waals surface area contributed by atoms with Gasteiger partial charge >= 0.3 is 0 Å². The fraction of sp³-hybridized carbons (Fsp3) is 0.391. The van der Waals surface area contributed by atoms with E-state index in [0.717, 1.165) is 12.0 Å². The van der Waals surface area contributed by atoms with Crippen LogP contribution in [-0.2, 0) is 16.1 Å². The van der Waals surface area contributed by atoms with Crippen LogP contribution in [0.5, 0.6) is 11.5 Å². The number of nitrogens with one attached hydrogen (secondary N) is 1. The first-order valence-electron chi connectivity index (χ1n) is 9.95. The number of amides is 2. The smallest absolute Gasteiger partial charge is 0.261 e. The lowest BCUT2D eigenvalue weighted by molar-refractivity contribution is -0.142. The summed E-state index contributed by atoms with van der Waals surface area (Å²) in [5, 5.41) is 3.36. The Labute approximate surface area is 183 Å². The normalized spacial score (nSPS) is 12.6. The Hall–Kier alpha value is -2.73. The molecule has 0 saturated heterocycles. The number of hydrogen-bond donors (Lipinski definition) is 1. The second kappa shape index (κ2) is 11.5. The molecule has 6 nitrogen and oxygen atoms in total. The highest BCUT2D eigenvalue weighted by atomic mass is 35.5. The lowest BCUT2D eigenvalue weighted by Crippen LogP contribution is -2.50. The summed E-state index contributed by atoms with van der Waals surface area (Å²) >= 11 is 6.11. The molecule has 2 aromatic rings. The molecule has 0 aromatic heterocycles. The minimum Gasteiger partial charge on any atom is -0.497 e. The van der Waals surface area contributed by atoms with E-state index < -0.39 is 6.04 Å². The molecule has 2 aromatic carbocycles. The molecule has 0 radical (unpaired) electrons. The first kappa shape index (κ1) is 23.5. The lowest BCUT2D eigenvalue weighted by Gasteiger charge is -2.29. The summed E-state index contributed by atoms with van der Waals surface area (Å²) in [6, 6.07) is 13.7. The van der Waals surface area contributed by atoms with Gasteiger partial charge in [-0.3, -0.25) is 9.59 Å². The molecule has 0 aliphatic rings. The van der Waals surface area contributed by atoms with Gasteiger partial charge in [-0.25, -0.2) is 0 Å². The lowest BCUT2D eigenvalue weighted by atomic mass is 10.1. The van der Waals surface area contributed by atoms with Crippen LogP contribution in [-0.4, -0.2) is 42.5 Å². The number of ether oxygens (including phenoxy) is 2. The van der Waals surface area contributed by atoms with Crippen molar-refractivity contribution in [2.24, 2.45) is 0 Å². The van der Waals surface area contributed by atoms with Crippen molar-refractivity contribution in [1.82, 2.24) is 10.2 Å². The molecule has 0 spiro atoms. The van der Waals surface area contributed by atoms with E-state index in [-0.39, 0.29) is 31.0 Å². The molecule has 0 saturated carbocycles. The summed E-state index contributed by atoms with van der Waals surface area (Å²) in [4.78, 5) is 27.2. The Morgan fingerprint density at radius 3 is 2.53 bits per heavy atom. The second-order valence-electron chi connectivity index (χ2n) is 7.09. The van der Waals surface area contributed by atoms with E-state index in [1.165, 1.54) is 4.90 Å². The van der Waals surface area contributed by atoms with Gasteiger partial charge in [0.15, 0.2) is 6.61 Å². The molecule has 2 atom stereocenters. The van der Waals surface area contributed by atoms with E-state index in [1.807, 2.05) is 38.1 Å². The molecule has 0 fully saturated rings. The fourth-order valence-corrected chi connectivity index (χ4v) is 2.99. The summed E-state index contributed by atoms with van der Waals surface area (Å²) in [6.07, 6.45) is 0.803. The van der Waals surface area contributed by atoms with Crippen molar-refractivity contribution in [3.8, 4) is 11.5 Å². The van der Waals surface area contributed by atoms with E-state index in [0.29, 0.717) is 16.5 Å². The Morgan fingerprint density at radius 2 is 1.87 bits per heavy atom. The van der Waals surface area contributed by atoms with Crippen LogP contribution in [0.25, 0.3) is 0 Å². The molecule has 0 bridgehead atoms. The Kier molecular flexibility index (Phi) is 8.99. The number of halogens is 1. The number of carbonyl (C=O) groups excluding carboxylic acids is 2. The number of methoxy groups -OCH3 is 1. The standard InChI is InChI=1S/C23H29ClN2O4/c1-5-16(2)25-23(28)17(3)26(14-18-9-8-10-19(13-18)29-4)22(27)15-30-21-12-7-6-11-20(21)24/h6-13,16-17H,5,14-15H2,1-4H3,(H,25,28)/t16-,17+/m1/s1. The van der Waals surface area contributed by atoms with Crippen molar-refractivity contribution in [2.75, 3.05) is 13.7 Å². The number of para-hydroxylation sites is 1. The van der Waals surface area contributed by atoms with Gasteiger partial charge in [0.25, 0.3) is 5.91 Å². The van der Waals surface area contributed by atoms with Crippen molar-refractivity contribution in [1.29, 1.82) is 0 Å². The molecule has 2 amide bonds. The molecule has 0 aliphatic heterocycles. The maximum atomic E-state index is 13.0. The van der Waals surface area contributed by atoms with Crippen LogP contribution in [0, 0.1) is 0 Å². The zero-order valence-corrected chi connectivity index (χ0v) is 18.6. The van der Waals surface area contributed by atoms with E-state index >= 15 is 0 Å². The maximum absolute atomic E-state index is 13.0. The van der Waals surface area contributed by atoms with E-state index in [9.17, 15) is 9.59 Å². The molecule has 162 valence electrons. The second-order valence-corrected chi connectivity index (χ2v) is 7.49. The number of nitrogens with zero attached hydrogens (tertiary/aromatic N) is 1. The van der Waals surface area contributed by atoms with Gasteiger partial charge in [-0.2, -0.15) is 0 Å². The van der Waals surface area contributed by atoms with Crippen molar-refractivity contribution in [3.05, 3.63) is 59.1 Å². The topological polar surface area (TPSA) is 67.9 Å². The zero-order chi connectivity index (χ0) is 22.1. The van der Waals surface area contributed by atoms with Crippen LogP contribution in [0.3, 0.4) is 0 Å². The van der Waals surface area contributed by atoms with Crippen LogP contribution in [0.15, 0.2) is 48.5 Å². The average molecular weight is 433 g/mol. The molecule has 30 heavy (non-hydrogen) atoms. The van der Waals surface area contributed by atoms with Gasteiger partial charge in [0.1, 0.15) is 17.5 Å². The van der Waals surface area contributed by atoms with Crippen LogP contribution in [0.1, 0.15) is 32.8 Å². The maximum Gasteiger partial charge on any atom is 0.261 e. The highest BCUT2D eigenvalue weighted by Crippen LogP contribution is 2.23. The van der Waals surface area contributed by atoms with Gasteiger partial charge < -0.3 is 19.7 Å². The van der Waals surface area contributed by atoms with Crippen LogP contribution in [0.4, 0.5) is 0 Å². The van der Waals surface area contributed by atoms with Gasteiger partial charge in [0, 0.05) is 12.6 Å². The highest BCUT2D eigenvalue weighted by Gasteiger charge is 2.27. The van der Waals surface area contributed by atoms with E-state index in [1.54, 1.807) is 38.3 Å². The van der Waals surface area contributed by atoms with Gasteiger partial charge in [0.05, 0.1) is 12.1 Å². The molecule has 1 N–H and O–H groups in total. The van der Waals surface area contributed by atoms with Crippen molar-refractivity contribution >= 4 is 23.4 Å². The third-order valence-electron chi connectivity index (χ3n) is 4.84. The summed E-state index contributed by atoms with van der Waals surface area (Å²) in [7, 11) is 1.59. The molecule has 7 heteroatoms. The van der Waals surface area contributed by atoms with Crippen molar-refractivity contribution < 1.29 is 19.1 Å². The molecular weight excluding hydrogens is 404 g/mol. The van der Waals surface area contributed by atoms with Gasteiger partial charge in [0.2, 0.25) is 5.91 Å². The average Bonchev–Trinajstić information content (AvgIpc) is 2.76. The third-order valence-corrected chi connectivity index (χ3v) is 5.16. The Balaban J connectivity index is 2.19. The zero-order valence-electron chi connectivity index (χ0n) is 17.9. The van der Waals surface area contributed by atoms with Gasteiger partial charge in [-0.15, -0.1) is 0 Å². The molecule has 0 heterocycles.